The Hall–Kier alpha value is -0.530. The van der Waals surface area contributed by atoms with Gasteiger partial charge in [-0.3, -0.25) is 4.79 Å². The van der Waals surface area contributed by atoms with Gasteiger partial charge in [0.1, 0.15) is 0 Å². The molecule has 18 heavy (non-hydrogen) atoms. The second-order valence-corrected chi connectivity index (χ2v) is 7.66. The van der Waals surface area contributed by atoms with Gasteiger partial charge in [-0.25, -0.2) is 0 Å². The maximum absolute atomic E-state index is 11.9. The summed E-state index contributed by atoms with van der Waals surface area (Å²) < 4.78 is 0. The number of hydrogen-bond acceptors (Lipinski definition) is 1. The van der Waals surface area contributed by atoms with Gasteiger partial charge < -0.3 is 5.32 Å². The molecule has 0 aromatic carbocycles. The van der Waals surface area contributed by atoms with Gasteiger partial charge in [-0.15, -0.1) is 0 Å². The molecule has 0 heterocycles. The van der Waals surface area contributed by atoms with Gasteiger partial charge in [0, 0.05) is 12.0 Å². The van der Waals surface area contributed by atoms with Gasteiger partial charge in [-0.05, 0) is 68.6 Å². The van der Waals surface area contributed by atoms with Crippen LogP contribution in [0.15, 0.2) is 0 Å². The summed E-state index contributed by atoms with van der Waals surface area (Å²) in [5, 5.41) is 3.30. The minimum Gasteiger partial charge on any atom is -0.353 e. The van der Waals surface area contributed by atoms with E-state index in [4.69, 9.17) is 0 Å². The average Bonchev–Trinajstić information content (AvgIpc) is 2.26. The van der Waals surface area contributed by atoms with E-state index < -0.39 is 0 Å². The lowest BCUT2D eigenvalue weighted by Crippen LogP contribution is -2.56. The molecule has 1 unspecified atom stereocenters. The molecule has 0 spiro atoms. The summed E-state index contributed by atoms with van der Waals surface area (Å²) in [6, 6.07) is 0.376. The van der Waals surface area contributed by atoms with Crippen molar-refractivity contribution < 1.29 is 4.79 Å². The molecular weight excluding hydrogens is 222 g/mol. The molecule has 4 saturated carbocycles. The molecule has 102 valence electrons. The molecule has 1 N–H and O–H groups in total. The summed E-state index contributed by atoms with van der Waals surface area (Å²) in [7, 11) is 0. The van der Waals surface area contributed by atoms with Gasteiger partial charge in [0.25, 0.3) is 0 Å². The second-order valence-electron chi connectivity index (χ2n) is 7.66. The highest BCUT2D eigenvalue weighted by molar-refractivity contribution is 5.78. The van der Waals surface area contributed by atoms with Crippen LogP contribution in [-0.2, 0) is 4.79 Å². The molecule has 4 rings (SSSR count). The summed E-state index contributed by atoms with van der Waals surface area (Å²) in [6.45, 7) is 6.23. The first-order valence-corrected chi connectivity index (χ1v) is 7.79. The van der Waals surface area contributed by atoms with Crippen molar-refractivity contribution in [3.8, 4) is 0 Å². The molecule has 1 amide bonds. The summed E-state index contributed by atoms with van der Waals surface area (Å²) in [6.07, 6.45) is 8.55. The number of carbonyl (C=O) groups excluding carboxylic acids is 1. The number of rotatable bonds is 3. The van der Waals surface area contributed by atoms with E-state index in [9.17, 15) is 4.79 Å². The zero-order valence-electron chi connectivity index (χ0n) is 12.0. The fourth-order valence-corrected chi connectivity index (χ4v) is 5.24. The number of carbonyl (C=O) groups is 1. The maximum atomic E-state index is 11.9. The summed E-state index contributed by atoms with van der Waals surface area (Å²) >= 11 is 0. The van der Waals surface area contributed by atoms with Gasteiger partial charge in [-0.1, -0.05) is 13.8 Å². The van der Waals surface area contributed by atoms with Crippen LogP contribution < -0.4 is 5.32 Å². The lowest BCUT2D eigenvalue weighted by Gasteiger charge is -2.59. The van der Waals surface area contributed by atoms with Crippen LogP contribution in [0.4, 0.5) is 0 Å². The normalized spacial score (nSPS) is 43.2. The minimum atomic E-state index is 0.112. The first kappa shape index (κ1) is 12.5. The Balaban J connectivity index is 1.73. The van der Waals surface area contributed by atoms with Crippen molar-refractivity contribution in [1.29, 1.82) is 0 Å². The highest BCUT2D eigenvalue weighted by Gasteiger charge is 2.53. The van der Waals surface area contributed by atoms with E-state index in [0.29, 0.717) is 11.5 Å². The van der Waals surface area contributed by atoms with E-state index in [2.05, 4.69) is 12.2 Å². The van der Waals surface area contributed by atoms with Crippen molar-refractivity contribution in [3.63, 3.8) is 0 Å². The monoisotopic (exact) mass is 249 g/mol. The van der Waals surface area contributed by atoms with E-state index in [1.54, 1.807) is 0 Å². The number of amides is 1. The number of hydrogen-bond donors (Lipinski definition) is 1. The standard InChI is InChI=1S/C16H27NO/c1-10(2)15(18)17-11(3)16-7-12-4-13(8-16)6-14(5-12)9-16/h10-14H,4-9H2,1-3H3,(H,17,18). The van der Waals surface area contributed by atoms with Crippen LogP contribution in [0.1, 0.15) is 59.3 Å². The van der Waals surface area contributed by atoms with Crippen LogP contribution in [-0.4, -0.2) is 11.9 Å². The topological polar surface area (TPSA) is 29.1 Å². The third-order valence-electron chi connectivity index (χ3n) is 5.89. The predicted molar refractivity (Wildman–Crippen MR) is 73.0 cm³/mol. The molecular formula is C16H27NO. The Morgan fingerprint density at radius 1 is 1.00 bits per heavy atom. The van der Waals surface area contributed by atoms with Gasteiger partial charge in [0.15, 0.2) is 0 Å². The predicted octanol–water partition coefficient (Wildman–Crippen LogP) is 3.36. The Bertz CT molecular complexity index is 312. The minimum absolute atomic E-state index is 0.112. The zero-order valence-corrected chi connectivity index (χ0v) is 12.0. The Labute approximate surface area is 111 Å². The van der Waals surface area contributed by atoms with Crippen molar-refractivity contribution in [3.05, 3.63) is 0 Å². The molecule has 4 aliphatic carbocycles. The lowest BCUT2D eigenvalue weighted by molar-refractivity contribution is -0.128. The Morgan fingerprint density at radius 3 is 1.83 bits per heavy atom. The van der Waals surface area contributed by atoms with Crippen LogP contribution in [0.3, 0.4) is 0 Å². The van der Waals surface area contributed by atoms with Crippen molar-refractivity contribution >= 4 is 5.91 Å². The molecule has 0 aliphatic heterocycles. The van der Waals surface area contributed by atoms with E-state index in [1.807, 2.05) is 13.8 Å². The molecule has 2 heteroatoms. The highest BCUT2D eigenvalue weighted by Crippen LogP contribution is 2.61. The molecule has 0 saturated heterocycles. The summed E-state index contributed by atoms with van der Waals surface area (Å²) in [5.41, 5.74) is 0.444. The summed E-state index contributed by atoms with van der Waals surface area (Å²) in [4.78, 5) is 11.9. The van der Waals surface area contributed by atoms with E-state index in [0.717, 1.165) is 17.8 Å². The van der Waals surface area contributed by atoms with Gasteiger partial charge in [-0.2, -0.15) is 0 Å². The maximum Gasteiger partial charge on any atom is 0.222 e. The molecule has 4 bridgehead atoms. The third kappa shape index (κ3) is 1.98. The Kier molecular flexibility index (Phi) is 2.95. The molecule has 0 aromatic rings. The fraction of sp³-hybridized carbons (Fsp3) is 0.938. The molecule has 0 radical (unpaired) electrons. The van der Waals surface area contributed by atoms with Gasteiger partial charge in [0.2, 0.25) is 5.91 Å². The fourth-order valence-electron chi connectivity index (χ4n) is 5.24. The molecule has 4 fully saturated rings. The SMILES string of the molecule is CC(C)C(=O)NC(C)C12CC3CC(CC(C3)C1)C2. The third-order valence-corrected chi connectivity index (χ3v) is 5.89. The quantitative estimate of drug-likeness (QED) is 0.816. The zero-order chi connectivity index (χ0) is 12.9. The van der Waals surface area contributed by atoms with Crippen LogP contribution >= 0.6 is 0 Å². The van der Waals surface area contributed by atoms with Gasteiger partial charge in [0.05, 0.1) is 0 Å². The smallest absolute Gasteiger partial charge is 0.222 e. The molecule has 1 atom stereocenters. The molecule has 2 nitrogen and oxygen atoms in total. The van der Waals surface area contributed by atoms with Crippen molar-refractivity contribution in [2.24, 2.45) is 29.1 Å². The molecule has 4 aliphatic rings. The van der Waals surface area contributed by atoms with E-state index >= 15 is 0 Å². The lowest BCUT2D eigenvalue weighted by atomic mass is 9.48. The van der Waals surface area contributed by atoms with Crippen molar-refractivity contribution in [2.75, 3.05) is 0 Å². The van der Waals surface area contributed by atoms with E-state index in [1.165, 1.54) is 38.5 Å². The Morgan fingerprint density at radius 2 is 1.44 bits per heavy atom. The van der Waals surface area contributed by atoms with Crippen LogP contribution in [0.5, 0.6) is 0 Å². The van der Waals surface area contributed by atoms with Gasteiger partial charge >= 0.3 is 0 Å². The van der Waals surface area contributed by atoms with Crippen LogP contribution in [0.25, 0.3) is 0 Å². The van der Waals surface area contributed by atoms with Crippen molar-refractivity contribution in [1.82, 2.24) is 5.32 Å². The number of nitrogens with one attached hydrogen (secondary N) is 1. The van der Waals surface area contributed by atoms with E-state index in [-0.39, 0.29) is 11.8 Å². The second kappa shape index (κ2) is 4.25. The van der Waals surface area contributed by atoms with Crippen molar-refractivity contribution in [2.45, 2.75) is 65.3 Å². The van der Waals surface area contributed by atoms with Crippen LogP contribution in [0.2, 0.25) is 0 Å². The average molecular weight is 249 g/mol. The first-order chi connectivity index (χ1) is 8.48. The largest absolute Gasteiger partial charge is 0.353 e. The highest BCUT2D eigenvalue weighted by atomic mass is 16.1. The first-order valence-electron chi connectivity index (χ1n) is 7.79. The summed E-state index contributed by atoms with van der Waals surface area (Å²) in [5.74, 6) is 3.25. The molecule has 0 aromatic heterocycles. The van der Waals surface area contributed by atoms with Crippen LogP contribution in [0, 0.1) is 29.1 Å².